The van der Waals surface area contributed by atoms with Crippen LogP contribution >= 0.6 is 13.9 Å². The number of hydrogen-bond acceptors (Lipinski definition) is 0. The van der Waals surface area contributed by atoms with Gasteiger partial charge in [0.05, 0.1) is 0 Å². The van der Waals surface area contributed by atoms with Gasteiger partial charge in [-0.05, 0) is 0 Å². The molecule has 0 aliphatic heterocycles. The molecule has 0 atom stereocenters. The first-order valence-electron chi connectivity index (χ1n) is 9.63. The summed E-state index contributed by atoms with van der Waals surface area (Å²) in [5.41, 5.74) is 0. The fourth-order valence-corrected chi connectivity index (χ4v) is 16.7. The molecule has 0 unspecified atom stereocenters. The molecule has 0 saturated heterocycles. The van der Waals surface area contributed by atoms with Crippen LogP contribution in [0.2, 0.25) is 0 Å². The Balaban J connectivity index is 2.09. The number of hydrogen-bond donors (Lipinski definition) is 0. The average Bonchev–Trinajstić information content (AvgIpc) is 2.77. The topological polar surface area (TPSA) is 0 Å². The molecule has 0 heterocycles. The molecule has 140 valence electrons. The Bertz CT molecular complexity index is 944. The molecule has 0 aliphatic rings. The summed E-state index contributed by atoms with van der Waals surface area (Å²) in [5.74, 6) is 0. The van der Waals surface area contributed by atoms with E-state index in [4.69, 9.17) is 0 Å². The molecule has 0 nitrogen and oxygen atoms in total. The number of benzene rings is 4. The molecule has 4 aromatic carbocycles. The van der Waals surface area contributed by atoms with Crippen LogP contribution in [-0.2, 0) is 0 Å². The Morgan fingerprint density at radius 3 is 1.04 bits per heavy atom. The van der Waals surface area contributed by atoms with E-state index in [2.05, 4.69) is 135 Å². The molecule has 28 heavy (non-hydrogen) atoms. The van der Waals surface area contributed by atoms with E-state index in [9.17, 15) is 0 Å². The van der Waals surface area contributed by atoms with Crippen molar-refractivity contribution in [1.29, 1.82) is 0 Å². The van der Waals surface area contributed by atoms with Crippen LogP contribution in [0.25, 0.3) is 0 Å². The zero-order valence-electron chi connectivity index (χ0n) is 16.4. The Morgan fingerprint density at radius 2 is 0.714 bits per heavy atom. The van der Waals surface area contributed by atoms with Gasteiger partial charge in [0.1, 0.15) is 0 Å². The maximum atomic E-state index is 2.56. The summed E-state index contributed by atoms with van der Waals surface area (Å²) in [7, 11) is -0.600. The standard InChI is InChI=1S/C26H26P2/c1-28(2,25-19-11-5-12-20-25,26-21-13-6-14-22-26)27(23-15-7-3-8-16-23)24-17-9-4-10-18-24/h3-22H,1-2H3. The van der Waals surface area contributed by atoms with Crippen molar-refractivity contribution in [3.63, 3.8) is 0 Å². The van der Waals surface area contributed by atoms with Crippen molar-refractivity contribution in [1.82, 2.24) is 0 Å². The molecular formula is C26H26P2. The first kappa shape index (κ1) is 19.1. The molecule has 0 amide bonds. The predicted octanol–water partition coefficient (Wildman–Crippen LogP) is 5.50. The first-order valence-corrected chi connectivity index (χ1v) is 14.8. The third-order valence-electron chi connectivity index (χ3n) is 5.64. The molecular weight excluding hydrogens is 374 g/mol. The van der Waals surface area contributed by atoms with Crippen LogP contribution in [0.1, 0.15) is 0 Å². The van der Waals surface area contributed by atoms with Crippen molar-refractivity contribution in [2.75, 3.05) is 13.3 Å². The summed E-state index contributed by atoms with van der Waals surface area (Å²) in [5, 5.41) is 5.83. The molecule has 0 bridgehead atoms. The second-order valence-electron chi connectivity index (χ2n) is 7.71. The molecule has 4 rings (SSSR count). The second kappa shape index (κ2) is 7.63. The second-order valence-corrected chi connectivity index (χ2v) is 19.3. The average molecular weight is 400 g/mol. The minimum absolute atomic E-state index is 0.600. The van der Waals surface area contributed by atoms with Crippen molar-refractivity contribution in [2.45, 2.75) is 0 Å². The SMILES string of the molecule is CP(C)(c1ccccc1)(c1ccccc1)P(c1ccccc1)c1ccccc1. The zero-order chi connectivity index (χ0) is 19.5. The normalized spacial score (nSPS) is 13.0. The van der Waals surface area contributed by atoms with Crippen LogP contribution in [0.5, 0.6) is 0 Å². The van der Waals surface area contributed by atoms with Crippen LogP contribution in [0.4, 0.5) is 0 Å². The zero-order valence-corrected chi connectivity index (χ0v) is 18.2. The molecule has 0 aromatic heterocycles. The van der Waals surface area contributed by atoms with Crippen molar-refractivity contribution < 1.29 is 0 Å². The Hall–Kier alpha value is -2.26. The van der Waals surface area contributed by atoms with Gasteiger partial charge in [-0.3, -0.25) is 0 Å². The van der Waals surface area contributed by atoms with E-state index in [1.165, 1.54) is 21.2 Å². The monoisotopic (exact) mass is 400 g/mol. The third kappa shape index (κ3) is 3.22. The summed E-state index contributed by atoms with van der Waals surface area (Å²) in [6.07, 6.45) is -2.56. The minimum atomic E-state index is -2.56. The van der Waals surface area contributed by atoms with Gasteiger partial charge in [-0.25, -0.2) is 0 Å². The van der Waals surface area contributed by atoms with E-state index >= 15 is 0 Å². The van der Waals surface area contributed by atoms with Crippen molar-refractivity contribution in [3.8, 4) is 0 Å². The van der Waals surface area contributed by atoms with Crippen LogP contribution in [-0.4, -0.2) is 13.3 Å². The summed E-state index contributed by atoms with van der Waals surface area (Å²) in [4.78, 5) is 0. The van der Waals surface area contributed by atoms with Gasteiger partial charge < -0.3 is 0 Å². The molecule has 0 spiro atoms. The Labute approximate surface area is 169 Å². The van der Waals surface area contributed by atoms with Crippen LogP contribution in [0, 0.1) is 0 Å². The molecule has 4 aromatic rings. The quantitative estimate of drug-likeness (QED) is 0.388. The van der Waals surface area contributed by atoms with Gasteiger partial charge >= 0.3 is 170 Å². The van der Waals surface area contributed by atoms with E-state index in [-0.39, 0.29) is 0 Å². The summed E-state index contributed by atoms with van der Waals surface area (Å²) in [6, 6.07) is 44.6. The van der Waals surface area contributed by atoms with Gasteiger partial charge in [0.15, 0.2) is 0 Å². The summed E-state index contributed by atoms with van der Waals surface area (Å²) >= 11 is 0. The van der Waals surface area contributed by atoms with Crippen LogP contribution < -0.4 is 21.2 Å². The Kier molecular flexibility index (Phi) is 5.20. The predicted molar refractivity (Wildman–Crippen MR) is 130 cm³/mol. The molecule has 0 radical (unpaired) electrons. The fraction of sp³-hybridized carbons (Fsp3) is 0.0769. The van der Waals surface area contributed by atoms with Gasteiger partial charge in [0, 0.05) is 0 Å². The first-order chi connectivity index (χ1) is 13.6. The molecule has 2 heteroatoms. The van der Waals surface area contributed by atoms with Crippen molar-refractivity contribution in [3.05, 3.63) is 121 Å². The van der Waals surface area contributed by atoms with Crippen molar-refractivity contribution >= 4 is 35.1 Å². The van der Waals surface area contributed by atoms with Gasteiger partial charge in [-0.2, -0.15) is 0 Å². The summed E-state index contributed by atoms with van der Waals surface area (Å²) < 4.78 is 0. The molecule has 0 N–H and O–H groups in total. The Morgan fingerprint density at radius 1 is 0.429 bits per heavy atom. The van der Waals surface area contributed by atoms with Crippen molar-refractivity contribution in [2.24, 2.45) is 0 Å². The van der Waals surface area contributed by atoms with Gasteiger partial charge in [0.25, 0.3) is 0 Å². The van der Waals surface area contributed by atoms with E-state index in [1.54, 1.807) is 0 Å². The fourth-order valence-electron chi connectivity index (χ4n) is 4.09. The van der Waals surface area contributed by atoms with Gasteiger partial charge in [0.2, 0.25) is 0 Å². The maximum absolute atomic E-state index is 2.56. The van der Waals surface area contributed by atoms with Gasteiger partial charge in [-0.15, -0.1) is 0 Å². The molecule has 0 fully saturated rings. The third-order valence-corrected chi connectivity index (χ3v) is 18.4. The van der Waals surface area contributed by atoms with E-state index < -0.39 is 13.9 Å². The molecule has 0 aliphatic carbocycles. The van der Waals surface area contributed by atoms with E-state index in [0.717, 1.165) is 0 Å². The van der Waals surface area contributed by atoms with Crippen LogP contribution in [0.15, 0.2) is 121 Å². The van der Waals surface area contributed by atoms with E-state index in [1.807, 2.05) is 0 Å². The number of rotatable bonds is 5. The van der Waals surface area contributed by atoms with E-state index in [0.29, 0.717) is 0 Å². The molecule has 0 saturated carbocycles. The van der Waals surface area contributed by atoms with Crippen LogP contribution in [0.3, 0.4) is 0 Å². The summed E-state index contributed by atoms with van der Waals surface area (Å²) in [6.45, 7) is 5.12. The van der Waals surface area contributed by atoms with Gasteiger partial charge in [-0.1, -0.05) is 0 Å².